The molecule has 0 spiro atoms. The second kappa shape index (κ2) is 8.48. The number of nitrogens with zero attached hydrogens (tertiary/aromatic N) is 2. The molecule has 0 radical (unpaired) electrons. The zero-order valence-corrected chi connectivity index (χ0v) is 17.0. The molecule has 2 heterocycles. The summed E-state index contributed by atoms with van der Waals surface area (Å²) < 4.78 is 5.82. The third-order valence-corrected chi connectivity index (χ3v) is 5.28. The molecule has 0 aliphatic heterocycles. The molecule has 1 N–H and O–H groups in total. The van der Waals surface area contributed by atoms with Crippen molar-refractivity contribution in [2.24, 2.45) is 5.92 Å². The van der Waals surface area contributed by atoms with Crippen LogP contribution >= 0.6 is 11.3 Å². The van der Waals surface area contributed by atoms with Gasteiger partial charge in [0.05, 0.1) is 18.2 Å². The molecule has 1 aromatic carbocycles. The van der Waals surface area contributed by atoms with Gasteiger partial charge in [-0.3, -0.25) is 4.79 Å². The van der Waals surface area contributed by atoms with Gasteiger partial charge in [-0.15, -0.1) is 11.3 Å². The molecule has 0 saturated heterocycles. The van der Waals surface area contributed by atoms with Crippen LogP contribution in [0.5, 0.6) is 0 Å². The molecule has 27 heavy (non-hydrogen) atoms. The third-order valence-electron chi connectivity index (χ3n) is 4.39. The van der Waals surface area contributed by atoms with Crippen molar-refractivity contribution in [1.82, 2.24) is 15.3 Å². The van der Waals surface area contributed by atoms with Crippen LogP contribution in [-0.2, 0) is 11.2 Å². The van der Waals surface area contributed by atoms with Gasteiger partial charge in [-0.25, -0.2) is 9.97 Å². The van der Waals surface area contributed by atoms with Crippen LogP contribution in [0.3, 0.4) is 0 Å². The normalized spacial score (nSPS) is 12.3. The first kappa shape index (κ1) is 19.3. The quantitative estimate of drug-likeness (QED) is 0.632. The number of amides is 1. The highest BCUT2D eigenvalue weighted by atomic mass is 32.1. The minimum absolute atomic E-state index is 0.0661. The Labute approximate surface area is 163 Å². The molecule has 3 rings (SSSR count). The van der Waals surface area contributed by atoms with Crippen LogP contribution in [-0.4, -0.2) is 15.9 Å². The molecule has 1 unspecified atom stereocenters. The number of aromatic nitrogens is 2. The number of rotatable bonds is 7. The van der Waals surface area contributed by atoms with Gasteiger partial charge in [-0.2, -0.15) is 0 Å². The lowest BCUT2D eigenvalue weighted by Gasteiger charge is -2.18. The van der Waals surface area contributed by atoms with Crippen LogP contribution in [0, 0.1) is 19.8 Å². The number of hydrogen-bond donors (Lipinski definition) is 1. The fourth-order valence-electron chi connectivity index (χ4n) is 3.02. The average Bonchev–Trinajstić information content (AvgIpc) is 3.25. The summed E-state index contributed by atoms with van der Waals surface area (Å²) in [7, 11) is 0. The largest absolute Gasteiger partial charge is 0.441 e. The second-order valence-corrected chi connectivity index (χ2v) is 8.06. The molecule has 0 bridgehead atoms. The molecule has 1 atom stereocenters. The molecule has 6 heteroatoms. The van der Waals surface area contributed by atoms with Crippen molar-refractivity contribution in [3.05, 3.63) is 57.9 Å². The Morgan fingerprint density at radius 2 is 2.04 bits per heavy atom. The van der Waals surface area contributed by atoms with E-state index < -0.39 is 0 Å². The lowest BCUT2D eigenvalue weighted by Crippen LogP contribution is -2.31. The van der Waals surface area contributed by atoms with Gasteiger partial charge in [0, 0.05) is 17.1 Å². The standard InChI is InChI=1S/C21H25N3O2S/c1-13(2)11-18(21-22-9-10-27-21)23-19(25)12-17-15(4)26-20(24-17)16-8-6-5-7-14(16)3/h5-10,13,18H,11-12H2,1-4H3,(H,23,25). The first-order valence-corrected chi connectivity index (χ1v) is 10.0. The average molecular weight is 384 g/mol. The molecule has 0 aliphatic rings. The fourth-order valence-corrected chi connectivity index (χ4v) is 3.72. The smallest absolute Gasteiger partial charge is 0.226 e. The highest BCUT2D eigenvalue weighted by Crippen LogP contribution is 2.26. The van der Waals surface area contributed by atoms with Crippen LogP contribution in [0.4, 0.5) is 0 Å². The van der Waals surface area contributed by atoms with Crippen molar-refractivity contribution in [2.75, 3.05) is 0 Å². The summed E-state index contributed by atoms with van der Waals surface area (Å²) in [5.41, 5.74) is 2.72. The maximum Gasteiger partial charge on any atom is 0.226 e. The number of benzene rings is 1. The topological polar surface area (TPSA) is 68.0 Å². The van der Waals surface area contributed by atoms with E-state index in [0.717, 1.165) is 22.6 Å². The predicted molar refractivity (Wildman–Crippen MR) is 108 cm³/mol. The number of nitrogens with one attached hydrogen (secondary N) is 1. The van der Waals surface area contributed by atoms with Crippen molar-refractivity contribution in [2.45, 2.75) is 46.6 Å². The monoisotopic (exact) mass is 383 g/mol. The Morgan fingerprint density at radius 3 is 2.70 bits per heavy atom. The van der Waals surface area contributed by atoms with E-state index in [1.807, 2.05) is 43.5 Å². The molecule has 0 saturated carbocycles. The van der Waals surface area contributed by atoms with Gasteiger partial charge < -0.3 is 9.73 Å². The van der Waals surface area contributed by atoms with E-state index in [1.54, 1.807) is 17.5 Å². The van der Waals surface area contributed by atoms with Crippen LogP contribution < -0.4 is 5.32 Å². The summed E-state index contributed by atoms with van der Waals surface area (Å²) in [6.45, 7) is 8.15. The van der Waals surface area contributed by atoms with Crippen molar-refractivity contribution < 1.29 is 9.21 Å². The molecule has 0 aliphatic carbocycles. The van der Waals surface area contributed by atoms with Crippen molar-refractivity contribution in [1.29, 1.82) is 0 Å². The number of aryl methyl sites for hydroxylation is 2. The molecule has 2 aromatic heterocycles. The summed E-state index contributed by atoms with van der Waals surface area (Å²) in [5.74, 6) is 1.63. The fraction of sp³-hybridized carbons (Fsp3) is 0.381. The van der Waals surface area contributed by atoms with Crippen molar-refractivity contribution >= 4 is 17.2 Å². The van der Waals surface area contributed by atoms with E-state index in [9.17, 15) is 4.79 Å². The molecule has 5 nitrogen and oxygen atoms in total. The van der Waals surface area contributed by atoms with Gasteiger partial charge in [0.1, 0.15) is 10.8 Å². The van der Waals surface area contributed by atoms with Crippen molar-refractivity contribution in [3.8, 4) is 11.5 Å². The lowest BCUT2D eigenvalue weighted by molar-refractivity contribution is -0.121. The first-order valence-electron chi connectivity index (χ1n) is 9.15. The third kappa shape index (κ3) is 4.83. The Bertz CT molecular complexity index is 900. The van der Waals surface area contributed by atoms with Gasteiger partial charge >= 0.3 is 0 Å². The predicted octanol–water partition coefficient (Wildman–Crippen LogP) is 4.86. The zero-order chi connectivity index (χ0) is 19.4. The molecule has 1 amide bonds. The molecular weight excluding hydrogens is 358 g/mol. The molecular formula is C21H25N3O2S. The van der Waals surface area contributed by atoms with E-state index in [-0.39, 0.29) is 18.4 Å². The number of hydrogen-bond acceptors (Lipinski definition) is 5. The Kier molecular flexibility index (Phi) is 6.06. The number of carbonyl (C=O) groups is 1. The maximum atomic E-state index is 12.6. The van der Waals surface area contributed by atoms with E-state index >= 15 is 0 Å². The van der Waals surface area contributed by atoms with Crippen LogP contribution in [0.1, 0.15) is 48.3 Å². The van der Waals surface area contributed by atoms with E-state index in [4.69, 9.17) is 4.42 Å². The summed E-state index contributed by atoms with van der Waals surface area (Å²) >= 11 is 1.57. The Balaban J connectivity index is 1.73. The van der Waals surface area contributed by atoms with Crippen LogP contribution in [0.2, 0.25) is 0 Å². The van der Waals surface area contributed by atoms with Crippen LogP contribution in [0.25, 0.3) is 11.5 Å². The Hall–Kier alpha value is -2.47. The lowest BCUT2D eigenvalue weighted by atomic mass is 10.0. The molecule has 142 valence electrons. The molecule has 3 aromatic rings. The van der Waals surface area contributed by atoms with Gasteiger partial charge in [-0.05, 0) is 37.8 Å². The van der Waals surface area contributed by atoms with Crippen LogP contribution in [0.15, 0.2) is 40.3 Å². The minimum atomic E-state index is -0.0689. The summed E-state index contributed by atoms with van der Waals surface area (Å²) in [6.07, 6.45) is 2.82. The van der Waals surface area contributed by atoms with Gasteiger partial charge in [-0.1, -0.05) is 32.0 Å². The second-order valence-electron chi connectivity index (χ2n) is 7.13. The number of thiazole rings is 1. The number of oxazole rings is 1. The van der Waals surface area contributed by atoms with Gasteiger partial charge in [0.15, 0.2) is 0 Å². The van der Waals surface area contributed by atoms with Crippen molar-refractivity contribution in [3.63, 3.8) is 0 Å². The minimum Gasteiger partial charge on any atom is -0.441 e. The maximum absolute atomic E-state index is 12.6. The van der Waals surface area contributed by atoms with E-state index in [2.05, 4.69) is 29.1 Å². The molecule has 0 fully saturated rings. The first-order chi connectivity index (χ1) is 12.9. The van der Waals surface area contributed by atoms with E-state index in [1.165, 1.54) is 0 Å². The highest BCUT2D eigenvalue weighted by molar-refractivity contribution is 7.09. The van der Waals surface area contributed by atoms with Gasteiger partial charge in [0.2, 0.25) is 11.8 Å². The van der Waals surface area contributed by atoms with Gasteiger partial charge in [0.25, 0.3) is 0 Å². The Morgan fingerprint density at radius 1 is 1.26 bits per heavy atom. The summed E-state index contributed by atoms with van der Waals surface area (Å²) in [4.78, 5) is 21.6. The summed E-state index contributed by atoms with van der Waals surface area (Å²) in [5, 5.41) is 5.99. The summed E-state index contributed by atoms with van der Waals surface area (Å²) in [6, 6.07) is 7.87. The number of carbonyl (C=O) groups excluding carboxylic acids is 1. The van der Waals surface area contributed by atoms with E-state index in [0.29, 0.717) is 23.3 Å². The SMILES string of the molecule is Cc1ccccc1-c1nc(CC(=O)NC(CC(C)C)c2nccs2)c(C)o1. The zero-order valence-electron chi connectivity index (χ0n) is 16.2. The highest BCUT2D eigenvalue weighted by Gasteiger charge is 2.21.